The summed E-state index contributed by atoms with van der Waals surface area (Å²) in [5.74, 6) is -0.921. The van der Waals surface area contributed by atoms with E-state index in [0.717, 1.165) is 31.4 Å². The van der Waals surface area contributed by atoms with Gasteiger partial charge in [0.2, 0.25) is 0 Å². The molecule has 1 aliphatic heterocycles. The van der Waals surface area contributed by atoms with E-state index in [4.69, 9.17) is 5.11 Å². The minimum absolute atomic E-state index is 0.113. The lowest BCUT2D eigenvalue weighted by Gasteiger charge is -2.34. The van der Waals surface area contributed by atoms with Gasteiger partial charge in [0.1, 0.15) is 0 Å². The van der Waals surface area contributed by atoms with E-state index in [1.807, 2.05) is 37.3 Å². The molecule has 2 atom stereocenters. The number of hydrogen-bond donors (Lipinski definition) is 2. The molecule has 0 aromatic heterocycles. The van der Waals surface area contributed by atoms with Gasteiger partial charge in [0.05, 0.1) is 12.5 Å². The first kappa shape index (κ1) is 15.4. The average molecular weight is 290 g/mol. The number of amides is 2. The second-order valence-corrected chi connectivity index (χ2v) is 5.55. The molecule has 0 spiro atoms. The highest BCUT2D eigenvalue weighted by Gasteiger charge is 2.26. The summed E-state index contributed by atoms with van der Waals surface area (Å²) >= 11 is 0. The Balaban J connectivity index is 2.07. The molecule has 0 aliphatic carbocycles. The molecule has 0 saturated carbocycles. The van der Waals surface area contributed by atoms with Crippen LogP contribution in [0.3, 0.4) is 0 Å². The monoisotopic (exact) mass is 290 g/mol. The summed E-state index contributed by atoms with van der Waals surface area (Å²) < 4.78 is 0. The minimum atomic E-state index is -0.921. The van der Waals surface area contributed by atoms with Gasteiger partial charge in [-0.3, -0.25) is 4.79 Å². The average Bonchev–Trinajstić information content (AvgIpc) is 2.47. The summed E-state index contributed by atoms with van der Waals surface area (Å²) in [6.07, 6.45) is 3.04. The molecule has 0 bridgehead atoms. The Morgan fingerprint density at radius 2 is 2.05 bits per heavy atom. The molecule has 1 fully saturated rings. The van der Waals surface area contributed by atoms with Crippen LogP contribution in [0.5, 0.6) is 0 Å². The first-order valence-electron chi connectivity index (χ1n) is 7.42. The lowest BCUT2D eigenvalue weighted by molar-refractivity contribution is -0.137. The van der Waals surface area contributed by atoms with Crippen molar-refractivity contribution < 1.29 is 14.7 Å². The van der Waals surface area contributed by atoms with Gasteiger partial charge in [-0.1, -0.05) is 30.3 Å². The van der Waals surface area contributed by atoms with Gasteiger partial charge >= 0.3 is 12.0 Å². The molecule has 1 heterocycles. The number of hydrogen-bond acceptors (Lipinski definition) is 2. The Bertz CT molecular complexity index is 490. The highest BCUT2D eigenvalue weighted by Crippen LogP contribution is 2.20. The summed E-state index contributed by atoms with van der Waals surface area (Å²) in [7, 11) is 0. The number of nitrogens with zero attached hydrogens (tertiary/aromatic N) is 1. The molecule has 21 heavy (non-hydrogen) atoms. The molecule has 2 rings (SSSR count). The van der Waals surface area contributed by atoms with Crippen LogP contribution in [0.4, 0.5) is 4.79 Å². The Morgan fingerprint density at radius 1 is 1.33 bits per heavy atom. The zero-order valence-corrected chi connectivity index (χ0v) is 12.3. The van der Waals surface area contributed by atoms with Gasteiger partial charge in [-0.05, 0) is 31.7 Å². The van der Waals surface area contributed by atoms with Crippen molar-refractivity contribution in [2.24, 2.45) is 0 Å². The predicted molar refractivity (Wildman–Crippen MR) is 80.0 cm³/mol. The third-order valence-electron chi connectivity index (χ3n) is 3.94. The number of benzene rings is 1. The van der Waals surface area contributed by atoms with Gasteiger partial charge in [0.25, 0.3) is 0 Å². The quantitative estimate of drug-likeness (QED) is 0.896. The number of aliphatic carboxylic acids is 1. The Kier molecular flexibility index (Phi) is 5.20. The fraction of sp³-hybridized carbons (Fsp3) is 0.500. The van der Waals surface area contributed by atoms with Gasteiger partial charge in [-0.15, -0.1) is 0 Å². The van der Waals surface area contributed by atoms with E-state index in [2.05, 4.69) is 5.32 Å². The number of nitrogens with one attached hydrogen (secondary N) is 1. The van der Waals surface area contributed by atoms with E-state index in [1.165, 1.54) is 0 Å². The van der Waals surface area contributed by atoms with Crippen LogP contribution in [0.15, 0.2) is 30.3 Å². The van der Waals surface area contributed by atoms with Crippen molar-refractivity contribution in [1.29, 1.82) is 0 Å². The van der Waals surface area contributed by atoms with Crippen LogP contribution in [-0.2, 0) is 4.79 Å². The minimum Gasteiger partial charge on any atom is -0.481 e. The van der Waals surface area contributed by atoms with Crippen molar-refractivity contribution in [3.05, 3.63) is 35.9 Å². The number of carboxylic acids is 1. The first-order valence-corrected chi connectivity index (χ1v) is 7.42. The first-order chi connectivity index (χ1) is 10.1. The van der Waals surface area contributed by atoms with Gasteiger partial charge in [0, 0.05) is 12.6 Å². The van der Waals surface area contributed by atoms with Gasteiger partial charge in [-0.25, -0.2) is 4.79 Å². The van der Waals surface area contributed by atoms with Gasteiger partial charge in [-0.2, -0.15) is 0 Å². The number of piperidine rings is 1. The molecule has 0 radical (unpaired) electrons. The van der Waals surface area contributed by atoms with Gasteiger partial charge < -0.3 is 15.3 Å². The van der Waals surface area contributed by atoms with E-state index >= 15 is 0 Å². The van der Waals surface area contributed by atoms with Crippen molar-refractivity contribution >= 4 is 12.0 Å². The fourth-order valence-corrected chi connectivity index (χ4v) is 2.74. The van der Waals surface area contributed by atoms with E-state index in [9.17, 15) is 9.59 Å². The highest BCUT2D eigenvalue weighted by molar-refractivity contribution is 5.76. The van der Waals surface area contributed by atoms with Crippen molar-refractivity contribution in [2.75, 3.05) is 6.54 Å². The summed E-state index contributed by atoms with van der Waals surface area (Å²) in [5.41, 5.74) is 0.818. The largest absolute Gasteiger partial charge is 0.481 e. The summed E-state index contributed by atoms with van der Waals surface area (Å²) in [6.45, 7) is 2.77. The Labute approximate surface area is 125 Å². The number of urea groups is 1. The molecule has 114 valence electrons. The van der Waals surface area contributed by atoms with Crippen LogP contribution in [-0.4, -0.2) is 34.6 Å². The second-order valence-electron chi connectivity index (χ2n) is 5.55. The van der Waals surface area contributed by atoms with Crippen LogP contribution < -0.4 is 5.32 Å². The topological polar surface area (TPSA) is 69.6 Å². The van der Waals surface area contributed by atoms with Crippen molar-refractivity contribution in [3.8, 4) is 0 Å². The third-order valence-corrected chi connectivity index (χ3v) is 3.94. The third kappa shape index (κ3) is 4.21. The van der Waals surface area contributed by atoms with Crippen molar-refractivity contribution in [2.45, 2.75) is 44.7 Å². The molecule has 5 nitrogen and oxygen atoms in total. The van der Waals surface area contributed by atoms with Crippen LogP contribution in [0.25, 0.3) is 0 Å². The lowest BCUT2D eigenvalue weighted by atomic mass is 10.0. The number of carboxylic acid groups (broad SMARTS) is 1. The Morgan fingerprint density at radius 3 is 2.67 bits per heavy atom. The molecule has 5 heteroatoms. The number of rotatable bonds is 4. The molecular formula is C16H22N2O3. The molecule has 2 N–H and O–H groups in total. The molecule has 1 aromatic carbocycles. The maximum atomic E-state index is 12.4. The number of carbonyl (C=O) groups excluding carboxylic acids is 1. The van der Waals surface area contributed by atoms with Crippen LogP contribution in [0.1, 0.15) is 44.2 Å². The zero-order valence-electron chi connectivity index (χ0n) is 12.3. The summed E-state index contributed by atoms with van der Waals surface area (Å²) in [4.78, 5) is 25.2. The Hall–Kier alpha value is -2.04. The maximum absolute atomic E-state index is 12.4. The second kappa shape index (κ2) is 7.11. The molecule has 2 unspecified atom stereocenters. The summed E-state index contributed by atoms with van der Waals surface area (Å²) in [5, 5.41) is 11.9. The predicted octanol–water partition coefficient (Wildman–Crippen LogP) is 2.79. The van der Waals surface area contributed by atoms with E-state index < -0.39 is 12.0 Å². The maximum Gasteiger partial charge on any atom is 0.318 e. The lowest BCUT2D eigenvalue weighted by Crippen LogP contribution is -2.48. The molecular weight excluding hydrogens is 268 g/mol. The normalized spacial score (nSPS) is 19.9. The van der Waals surface area contributed by atoms with Crippen LogP contribution >= 0.6 is 0 Å². The van der Waals surface area contributed by atoms with Crippen LogP contribution in [0.2, 0.25) is 0 Å². The highest BCUT2D eigenvalue weighted by atomic mass is 16.4. The number of carbonyl (C=O) groups is 2. The SMILES string of the molecule is CC1CCCCN1C(=O)NC(CC(=O)O)c1ccccc1. The fourth-order valence-electron chi connectivity index (χ4n) is 2.74. The van der Waals surface area contributed by atoms with Crippen molar-refractivity contribution in [3.63, 3.8) is 0 Å². The smallest absolute Gasteiger partial charge is 0.318 e. The molecule has 1 saturated heterocycles. The standard InChI is InChI=1S/C16H22N2O3/c1-12-7-5-6-10-18(12)16(21)17-14(11-15(19)20)13-8-3-2-4-9-13/h2-4,8-9,12,14H,5-7,10-11H2,1H3,(H,17,21)(H,19,20). The van der Waals surface area contributed by atoms with E-state index in [-0.39, 0.29) is 18.5 Å². The van der Waals surface area contributed by atoms with E-state index in [1.54, 1.807) is 4.90 Å². The summed E-state index contributed by atoms with van der Waals surface area (Å²) in [6, 6.07) is 8.79. The van der Waals surface area contributed by atoms with Gasteiger partial charge in [0.15, 0.2) is 0 Å². The zero-order chi connectivity index (χ0) is 15.2. The van der Waals surface area contributed by atoms with Crippen LogP contribution in [0, 0.1) is 0 Å². The number of likely N-dealkylation sites (tertiary alicyclic amines) is 1. The van der Waals surface area contributed by atoms with Crippen molar-refractivity contribution in [1.82, 2.24) is 10.2 Å². The van der Waals surface area contributed by atoms with E-state index in [0.29, 0.717) is 0 Å². The molecule has 1 aromatic rings. The molecule has 1 aliphatic rings. The molecule has 2 amide bonds.